The summed E-state index contributed by atoms with van der Waals surface area (Å²) in [4.78, 5) is 12.3. The third-order valence-corrected chi connectivity index (χ3v) is 4.88. The molecule has 146 valence electrons. The number of rotatable bonds is 8. The normalized spacial score (nSPS) is 11.8. The van der Waals surface area contributed by atoms with E-state index < -0.39 is 0 Å². The number of nitrogens with one attached hydrogen (secondary N) is 1. The number of anilines is 1. The Labute approximate surface area is 174 Å². The summed E-state index contributed by atoms with van der Waals surface area (Å²) in [7, 11) is 0. The second kappa shape index (κ2) is 9.62. The number of aromatic nitrogens is 2. The van der Waals surface area contributed by atoms with Gasteiger partial charge in [-0.3, -0.25) is 9.48 Å². The van der Waals surface area contributed by atoms with Crippen molar-refractivity contribution in [2.24, 2.45) is 5.92 Å². The van der Waals surface area contributed by atoms with E-state index in [0.717, 1.165) is 11.3 Å². The SMILES string of the molecule is CC(CCl)COc1ccccc1Cn1cc(Cl)c(NC(=O)c2ccccc2)n1. The van der Waals surface area contributed by atoms with Gasteiger partial charge in [0.05, 0.1) is 13.2 Å². The number of para-hydroxylation sites is 1. The van der Waals surface area contributed by atoms with Crippen LogP contribution in [0.1, 0.15) is 22.8 Å². The van der Waals surface area contributed by atoms with Gasteiger partial charge in [0.25, 0.3) is 5.91 Å². The van der Waals surface area contributed by atoms with Crippen molar-refractivity contribution in [3.63, 3.8) is 0 Å². The Morgan fingerprint density at radius 3 is 2.64 bits per heavy atom. The molecule has 0 saturated carbocycles. The molecule has 28 heavy (non-hydrogen) atoms. The van der Waals surface area contributed by atoms with Gasteiger partial charge in [-0.1, -0.05) is 54.9 Å². The van der Waals surface area contributed by atoms with Gasteiger partial charge in [0.15, 0.2) is 5.82 Å². The van der Waals surface area contributed by atoms with E-state index in [1.54, 1.807) is 35.1 Å². The molecule has 0 radical (unpaired) electrons. The maximum Gasteiger partial charge on any atom is 0.256 e. The van der Waals surface area contributed by atoms with Gasteiger partial charge >= 0.3 is 0 Å². The molecule has 5 nitrogen and oxygen atoms in total. The van der Waals surface area contributed by atoms with Crippen molar-refractivity contribution in [1.29, 1.82) is 0 Å². The number of nitrogens with zero attached hydrogens (tertiary/aromatic N) is 2. The summed E-state index contributed by atoms with van der Waals surface area (Å²) in [5, 5.41) is 7.52. The molecular weight excluding hydrogens is 397 g/mol. The minimum atomic E-state index is -0.258. The lowest BCUT2D eigenvalue weighted by molar-refractivity contribution is 0.102. The third kappa shape index (κ3) is 5.27. The van der Waals surface area contributed by atoms with Gasteiger partial charge in [-0.05, 0) is 18.2 Å². The minimum Gasteiger partial charge on any atom is -0.493 e. The van der Waals surface area contributed by atoms with E-state index in [2.05, 4.69) is 10.4 Å². The van der Waals surface area contributed by atoms with Crippen molar-refractivity contribution in [3.8, 4) is 5.75 Å². The molecule has 2 aromatic carbocycles. The summed E-state index contributed by atoms with van der Waals surface area (Å²) >= 11 is 12.1. The zero-order valence-electron chi connectivity index (χ0n) is 15.4. The summed E-state index contributed by atoms with van der Waals surface area (Å²) < 4.78 is 7.57. The zero-order chi connectivity index (χ0) is 19.9. The molecule has 1 amide bonds. The Morgan fingerprint density at radius 2 is 1.89 bits per heavy atom. The van der Waals surface area contributed by atoms with Crippen LogP contribution < -0.4 is 10.1 Å². The molecule has 0 saturated heterocycles. The van der Waals surface area contributed by atoms with Gasteiger partial charge in [0.2, 0.25) is 0 Å². The van der Waals surface area contributed by atoms with Crippen LogP contribution in [0.3, 0.4) is 0 Å². The lowest BCUT2D eigenvalue weighted by atomic mass is 10.2. The highest BCUT2D eigenvalue weighted by atomic mass is 35.5. The lowest BCUT2D eigenvalue weighted by Gasteiger charge is -2.14. The highest BCUT2D eigenvalue weighted by Gasteiger charge is 2.13. The molecule has 1 atom stereocenters. The van der Waals surface area contributed by atoms with Crippen molar-refractivity contribution >= 4 is 34.9 Å². The first-order valence-electron chi connectivity index (χ1n) is 8.93. The number of alkyl halides is 1. The summed E-state index contributed by atoms with van der Waals surface area (Å²) in [5.41, 5.74) is 1.50. The highest BCUT2D eigenvalue weighted by Crippen LogP contribution is 2.24. The lowest BCUT2D eigenvalue weighted by Crippen LogP contribution is -2.13. The fourth-order valence-electron chi connectivity index (χ4n) is 2.56. The predicted molar refractivity (Wildman–Crippen MR) is 113 cm³/mol. The molecule has 1 heterocycles. The molecule has 3 rings (SSSR count). The van der Waals surface area contributed by atoms with Gasteiger partial charge in [-0.25, -0.2) is 0 Å². The molecule has 7 heteroatoms. The van der Waals surface area contributed by atoms with Crippen LogP contribution in [0, 0.1) is 5.92 Å². The molecule has 3 aromatic rings. The largest absolute Gasteiger partial charge is 0.493 e. The van der Waals surface area contributed by atoms with Crippen LogP contribution >= 0.6 is 23.2 Å². The molecule has 0 fully saturated rings. The van der Waals surface area contributed by atoms with Crippen LogP contribution in [-0.2, 0) is 6.54 Å². The third-order valence-electron chi connectivity index (χ3n) is 4.08. The molecule has 1 unspecified atom stereocenters. The van der Waals surface area contributed by atoms with Gasteiger partial charge in [0.1, 0.15) is 10.8 Å². The summed E-state index contributed by atoms with van der Waals surface area (Å²) in [6, 6.07) is 16.7. The van der Waals surface area contributed by atoms with Crippen molar-refractivity contribution in [2.45, 2.75) is 13.5 Å². The number of halogens is 2. The second-order valence-corrected chi connectivity index (χ2v) is 7.24. The topological polar surface area (TPSA) is 56.1 Å². The van der Waals surface area contributed by atoms with E-state index in [4.69, 9.17) is 27.9 Å². The average molecular weight is 418 g/mol. The second-order valence-electron chi connectivity index (χ2n) is 6.52. The van der Waals surface area contributed by atoms with E-state index >= 15 is 0 Å². The molecule has 1 aromatic heterocycles. The Hall–Kier alpha value is -2.50. The number of hydrogen-bond acceptors (Lipinski definition) is 3. The van der Waals surface area contributed by atoms with Crippen molar-refractivity contribution < 1.29 is 9.53 Å². The van der Waals surface area contributed by atoms with Crippen LogP contribution in [0.4, 0.5) is 5.82 Å². The highest BCUT2D eigenvalue weighted by molar-refractivity contribution is 6.33. The summed E-state index contributed by atoms with van der Waals surface area (Å²) in [6.07, 6.45) is 1.68. The van der Waals surface area contributed by atoms with Crippen molar-refractivity contribution in [3.05, 3.63) is 76.9 Å². The van der Waals surface area contributed by atoms with Gasteiger partial charge < -0.3 is 10.1 Å². The summed E-state index contributed by atoms with van der Waals surface area (Å²) in [5.74, 6) is 1.65. The summed E-state index contributed by atoms with van der Waals surface area (Å²) in [6.45, 7) is 3.04. The smallest absolute Gasteiger partial charge is 0.256 e. The maximum absolute atomic E-state index is 12.3. The Morgan fingerprint density at radius 1 is 1.18 bits per heavy atom. The van der Waals surface area contributed by atoms with Crippen molar-refractivity contribution in [2.75, 3.05) is 17.8 Å². The van der Waals surface area contributed by atoms with E-state index in [0.29, 0.717) is 35.4 Å². The number of carbonyl (C=O) groups is 1. The Kier molecular flexibility index (Phi) is 6.95. The monoisotopic (exact) mass is 417 g/mol. The van der Waals surface area contributed by atoms with E-state index in [1.807, 2.05) is 37.3 Å². The van der Waals surface area contributed by atoms with Crippen LogP contribution in [0.5, 0.6) is 5.75 Å². The molecule has 0 bridgehead atoms. The fraction of sp³-hybridized carbons (Fsp3) is 0.238. The van der Waals surface area contributed by atoms with Gasteiger partial charge in [-0.2, -0.15) is 5.10 Å². The first-order valence-corrected chi connectivity index (χ1v) is 9.84. The van der Waals surface area contributed by atoms with Crippen LogP contribution in [0.2, 0.25) is 5.02 Å². The standard InChI is InChI=1S/C21H21Cl2N3O2/c1-15(11-22)14-28-19-10-6-5-9-17(19)12-26-13-18(23)20(25-26)24-21(27)16-7-3-2-4-8-16/h2-10,13,15H,11-12,14H2,1H3,(H,24,25,27). The quantitative estimate of drug-likeness (QED) is 0.519. The van der Waals surface area contributed by atoms with Crippen LogP contribution in [0.25, 0.3) is 0 Å². The van der Waals surface area contributed by atoms with Gasteiger partial charge in [-0.15, -0.1) is 11.6 Å². The number of hydrogen-bond donors (Lipinski definition) is 1. The van der Waals surface area contributed by atoms with Crippen molar-refractivity contribution in [1.82, 2.24) is 9.78 Å². The first kappa shape index (κ1) is 20.2. The van der Waals surface area contributed by atoms with E-state index in [1.165, 1.54) is 0 Å². The minimum absolute atomic E-state index is 0.258. The Bertz CT molecular complexity index is 928. The molecular formula is C21H21Cl2N3O2. The predicted octanol–water partition coefficient (Wildman–Crippen LogP) is 5.09. The van der Waals surface area contributed by atoms with E-state index in [-0.39, 0.29) is 11.8 Å². The van der Waals surface area contributed by atoms with Crippen LogP contribution in [-0.4, -0.2) is 28.2 Å². The number of ether oxygens (including phenoxy) is 1. The number of benzene rings is 2. The first-order chi connectivity index (χ1) is 13.6. The average Bonchev–Trinajstić information content (AvgIpc) is 3.06. The fourth-order valence-corrected chi connectivity index (χ4v) is 2.85. The molecule has 0 spiro atoms. The number of carbonyl (C=O) groups excluding carboxylic acids is 1. The van der Waals surface area contributed by atoms with Crippen LogP contribution in [0.15, 0.2) is 60.8 Å². The zero-order valence-corrected chi connectivity index (χ0v) is 17.0. The van der Waals surface area contributed by atoms with Gasteiger partial charge in [0, 0.05) is 29.1 Å². The molecule has 0 aliphatic carbocycles. The molecule has 0 aliphatic heterocycles. The number of amides is 1. The van der Waals surface area contributed by atoms with E-state index in [9.17, 15) is 4.79 Å². The Balaban J connectivity index is 1.71. The molecule has 1 N–H and O–H groups in total. The molecule has 0 aliphatic rings. The maximum atomic E-state index is 12.3.